The first-order valence-electron chi connectivity index (χ1n) is 5.39. The molecular weight excluding hydrogens is 208 g/mol. The Kier molecular flexibility index (Phi) is 4.49. The van der Waals surface area contributed by atoms with Gasteiger partial charge in [0.25, 0.3) is 0 Å². The Hall–Kier alpha value is -1.36. The first-order chi connectivity index (χ1) is 7.50. The van der Waals surface area contributed by atoms with Crippen LogP contribution in [0.4, 0.5) is 0 Å². The summed E-state index contributed by atoms with van der Waals surface area (Å²) in [5, 5.41) is 8.55. The molecule has 0 unspecified atom stereocenters. The minimum Gasteiger partial charge on any atom is -0.481 e. The maximum absolute atomic E-state index is 11.6. The van der Waals surface area contributed by atoms with Crippen molar-refractivity contribution >= 4 is 11.9 Å². The van der Waals surface area contributed by atoms with Gasteiger partial charge < -0.3 is 10.0 Å². The molecule has 90 valence electrons. The van der Waals surface area contributed by atoms with Crippen molar-refractivity contribution in [1.82, 2.24) is 9.80 Å². The standard InChI is InChI=1S/C11H18N2O3/c1-9(2)11(16)13-7-5-12(6-8-13)4-3-10(14)15/h1,3-8H2,2H3,(H,14,15). The molecule has 1 amide bonds. The highest BCUT2D eigenvalue weighted by molar-refractivity contribution is 5.92. The van der Waals surface area contributed by atoms with Crippen LogP contribution in [0, 0.1) is 0 Å². The van der Waals surface area contributed by atoms with Crippen LogP contribution in [0.3, 0.4) is 0 Å². The summed E-state index contributed by atoms with van der Waals surface area (Å²) in [6, 6.07) is 0. The van der Waals surface area contributed by atoms with Crippen LogP contribution in [0.1, 0.15) is 13.3 Å². The highest BCUT2D eigenvalue weighted by atomic mass is 16.4. The van der Waals surface area contributed by atoms with Crippen LogP contribution in [-0.4, -0.2) is 59.5 Å². The second-order valence-corrected chi connectivity index (χ2v) is 4.06. The third kappa shape index (κ3) is 3.66. The van der Waals surface area contributed by atoms with Gasteiger partial charge in [0.15, 0.2) is 0 Å². The number of carbonyl (C=O) groups excluding carboxylic acids is 1. The topological polar surface area (TPSA) is 60.9 Å². The second kappa shape index (κ2) is 5.65. The molecule has 0 aromatic heterocycles. The number of carboxylic acid groups (broad SMARTS) is 1. The molecule has 1 aliphatic rings. The second-order valence-electron chi connectivity index (χ2n) is 4.06. The van der Waals surface area contributed by atoms with E-state index in [-0.39, 0.29) is 12.3 Å². The average Bonchev–Trinajstić information content (AvgIpc) is 2.26. The van der Waals surface area contributed by atoms with Gasteiger partial charge in [-0.25, -0.2) is 0 Å². The average molecular weight is 226 g/mol. The molecule has 0 bridgehead atoms. The number of amides is 1. The summed E-state index contributed by atoms with van der Waals surface area (Å²) in [4.78, 5) is 25.8. The van der Waals surface area contributed by atoms with Crippen molar-refractivity contribution in [2.75, 3.05) is 32.7 Å². The Morgan fingerprint density at radius 2 is 1.81 bits per heavy atom. The summed E-state index contributed by atoms with van der Waals surface area (Å²) in [6.07, 6.45) is 0.161. The zero-order valence-electron chi connectivity index (χ0n) is 9.61. The number of carbonyl (C=O) groups is 2. The quantitative estimate of drug-likeness (QED) is 0.695. The maximum Gasteiger partial charge on any atom is 0.304 e. The van der Waals surface area contributed by atoms with Gasteiger partial charge in [-0.05, 0) is 6.92 Å². The predicted molar refractivity (Wildman–Crippen MR) is 60.1 cm³/mol. The SMILES string of the molecule is C=C(C)C(=O)N1CCN(CCC(=O)O)CC1. The number of hydrogen-bond acceptors (Lipinski definition) is 3. The highest BCUT2D eigenvalue weighted by Crippen LogP contribution is 2.06. The van der Waals surface area contributed by atoms with Crippen LogP contribution in [0.5, 0.6) is 0 Å². The van der Waals surface area contributed by atoms with E-state index in [1.807, 2.05) is 0 Å². The lowest BCUT2D eigenvalue weighted by atomic mass is 10.2. The number of piperazine rings is 1. The van der Waals surface area contributed by atoms with E-state index in [1.54, 1.807) is 11.8 Å². The normalized spacial score (nSPS) is 17.2. The summed E-state index contributed by atoms with van der Waals surface area (Å²) >= 11 is 0. The van der Waals surface area contributed by atoms with Gasteiger partial charge in [-0.2, -0.15) is 0 Å². The fourth-order valence-corrected chi connectivity index (χ4v) is 1.70. The van der Waals surface area contributed by atoms with Crippen LogP contribution in [0.15, 0.2) is 12.2 Å². The van der Waals surface area contributed by atoms with Crippen molar-refractivity contribution in [3.8, 4) is 0 Å². The molecule has 1 aliphatic heterocycles. The van der Waals surface area contributed by atoms with Gasteiger partial charge in [0.05, 0.1) is 6.42 Å². The van der Waals surface area contributed by atoms with Gasteiger partial charge in [0.2, 0.25) is 5.91 Å². The van der Waals surface area contributed by atoms with E-state index in [0.29, 0.717) is 25.2 Å². The molecule has 0 radical (unpaired) electrons. The summed E-state index contributed by atoms with van der Waals surface area (Å²) in [5.74, 6) is -0.779. The number of nitrogens with zero attached hydrogens (tertiary/aromatic N) is 2. The molecular formula is C11H18N2O3. The molecule has 0 spiro atoms. The van der Waals surface area contributed by atoms with E-state index in [1.165, 1.54) is 0 Å². The lowest BCUT2D eigenvalue weighted by Crippen LogP contribution is -2.49. The molecule has 5 nitrogen and oxygen atoms in total. The monoisotopic (exact) mass is 226 g/mol. The van der Waals surface area contributed by atoms with E-state index in [0.717, 1.165) is 13.1 Å². The van der Waals surface area contributed by atoms with E-state index in [4.69, 9.17) is 5.11 Å². The minimum atomic E-state index is -0.777. The van der Waals surface area contributed by atoms with Crippen LogP contribution < -0.4 is 0 Å². The van der Waals surface area contributed by atoms with Crippen molar-refractivity contribution in [3.05, 3.63) is 12.2 Å². The molecule has 1 rings (SSSR count). The Morgan fingerprint density at radius 1 is 1.25 bits per heavy atom. The third-order valence-corrected chi connectivity index (χ3v) is 2.67. The van der Waals surface area contributed by atoms with Crippen molar-refractivity contribution in [2.45, 2.75) is 13.3 Å². The van der Waals surface area contributed by atoms with E-state index in [2.05, 4.69) is 11.5 Å². The first kappa shape index (κ1) is 12.7. The van der Waals surface area contributed by atoms with Gasteiger partial charge in [-0.1, -0.05) is 6.58 Å². The minimum absolute atomic E-state index is 0.00196. The van der Waals surface area contributed by atoms with Crippen LogP contribution in [-0.2, 0) is 9.59 Å². The maximum atomic E-state index is 11.6. The molecule has 16 heavy (non-hydrogen) atoms. The molecule has 0 atom stereocenters. The van der Waals surface area contributed by atoms with Crippen LogP contribution in [0.2, 0.25) is 0 Å². The Balaban J connectivity index is 2.31. The molecule has 1 fully saturated rings. The first-order valence-corrected chi connectivity index (χ1v) is 5.39. The predicted octanol–water partition coefficient (Wildman–Crippen LogP) is 0.181. The van der Waals surface area contributed by atoms with Crippen LogP contribution in [0.25, 0.3) is 0 Å². The van der Waals surface area contributed by atoms with Crippen molar-refractivity contribution in [2.24, 2.45) is 0 Å². The summed E-state index contributed by atoms with van der Waals surface area (Å²) in [5.41, 5.74) is 0.555. The number of rotatable bonds is 4. The summed E-state index contributed by atoms with van der Waals surface area (Å²) < 4.78 is 0. The largest absolute Gasteiger partial charge is 0.481 e. The van der Waals surface area contributed by atoms with Crippen molar-refractivity contribution < 1.29 is 14.7 Å². The molecule has 0 aromatic rings. The Bertz CT molecular complexity index is 294. The Labute approximate surface area is 95.3 Å². The zero-order chi connectivity index (χ0) is 12.1. The summed E-state index contributed by atoms with van der Waals surface area (Å²) in [7, 11) is 0. The lowest BCUT2D eigenvalue weighted by Gasteiger charge is -2.34. The zero-order valence-corrected chi connectivity index (χ0v) is 9.61. The van der Waals surface area contributed by atoms with Gasteiger partial charge in [0.1, 0.15) is 0 Å². The fourth-order valence-electron chi connectivity index (χ4n) is 1.70. The van der Waals surface area contributed by atoms with Crippen LogP contribution >= 0.6 is 0 Å². The van der Waals surface area contributed by atoms with E-state index < -0.39 is 5.97 Å². The number of aliphatic carboxylic acids is 1. The van der Waals surface area contributed by atoms with Gasteiger partial charge in [-0.3, -0.25) is 14.5 Å². The molecule has 0 aliphatic carbocycles. The summed E-state index contributed by atoms with van der Waals surface area (Å²) in [6.45, 7) is 8.69. The molecule has 1 heterocycles. The van der Waals surface area contributed by atoms with Gasteiger partial charge in [0, 0.05) is 38.3 Å². The Morgan fingerprint density at radius 3 is 2.25 bits per heavy atom. The third-order valence-electron chi connectivity index (χ3n) is 2.67. The molecule has 1 N–H and O–H groups in total. The number of carboxylic acids is 1. The molecule has 0 aromatic carbocycles. The van der Waals surface area contributed by atoms with E-state index >= 15 is 0 Å². The molecule has 0 saturated carbocycles. The lowest BCUT2D eigenvalue weighted by molar-refractivity contribution is -0.138. The van der Waals surface area contributed by atoms with Gasteiger partial charge >= 0.3 is 5.97 Å². The van der Waals surface area contributed by atoms with E-state index in [9.17, 15) is 9.59 Å². The van der Waals surface area contributed by atoms with Crippen molar-refractivity contribution in [3.63, 3.8) is 0 Å². The number of hydrogen-bond donors (Lipinski definition) is 1. The molecule has 5 heteroatoms. The highest BCUT2D eigenvalue weighted by Gasteiger charge is 2.21. The molecule has 1 saturated heterocycles. The smallest absolute Gasteiger partial charge is 0.304 e. The fraction of sp³-hybridized carbons (Fsp3) is 0.636. The van der Waals surface area contributed by atoms with Crippen molar-refractivity contribution in [1.29, 1.82) is 0 Å². The van der Waals surface area contributed by atoms with Gasteiger partial charge in [-0.15, -0.1) is 0 Å².